The number of nitrogens with zero attached hydrogens (tertiary/aromatic N) is 3. The molecular weight excluding hydrogens is 732 g/mol. The van der Waals surface area contributed by atoms with Crippen molar-refractivity contribution in [2.75, 3.05) is 16.9 Å². The number of fused-ring (bicyclic) bond motifs is 4. The molecule has 11 nitrogen and oxygen atoms in total. The number of imide groups is 2. The molecule has 18 heteroatoms. The van der Waals surface area contributed by atoms with Crippen LogP contribution in [-0.2, 0) is 19.2 Å². The summed E-state index contributed by atoms with van der Waals surface area (Å²) >= 11 is 14.2. The second-order valence-electron chi connectivity index (χ2n) is 12.4. The summed E-state index contributed by atoms with van der Waals surface area (Å²) in [5.41, 5.74) is -2.09. The molecule has 0 aromatic heterocycles. The molecule has 6 atom stereocenters. The predicted molar refractivity (Wildman–Crippen MR) is 167 cm³/mol. The summed E-state index contributed by atoms with van der Waals surface area (Å²) in [5, 5.41) is 21.4. The van der Waals surface area contributed by atoms with E-state index in [0.717, 1.165) is 29.2 Å². The Morgan fingerprint density at radius 1 is 0.863 bits per heavy atom. The highest BCUT2D eigenvalue weighted by Crippen LogP contribution is 2.67. The molecule has 0 spiro atoms. The molecule has 0 radical (unpaired) electrons. The smallest absolute Gasteiger partial charge is 0.269 e. The van der Waals surface area contributed by atoms with E-state index in [9.17, 15) is 47.6 Å². The van der Waals surface area contributed by atoms with E-state index in [1.165, 1.54) is 31.4 Å². The van der Waals surface area contributed by atoms with Crippen LogP contribution < -0.4 is 14.5 Å². The van der Waals surface area contributed by atoms with E-state index < -0.39 is 103 Å². The number of non-ortho nitro benzene ring substituents is 1. The number of carbonyl (C=O) groups is 4. The molecular formula is C33H20Cl2F5N3O8. The number of ether oxygens (including phenoxy) is 1. The Morgan fingerprint density at radius 2 is 1.47 bits per heavy atom. The molecule has 4 amide bonds. The average molecular weight is 752 g/mol. The quantitative estimate of drug-likeness (QED) is 0.0505. The zero-order chi connectivity index (χ0) is 37.1. The third-order valence-electron chi connectivity index (χ3n) is 10.1. The number of hydrogen-bond donors (Lipinski definition) is 1. The zero-order valence-corrected chi connectivity index (χ0v) is 27.1. The van der Waals surface area contributed by atoms with E-state index in [1.807, 2.05) is 0 Å². The lowest BCUT2D eigenvalue weighted by Crippen LogP contribution is -2.60. The van der Waals surface area contributed by atoms with Gasteiger partial charge in [-0.3, -0.25) is 34.2 Å². The number of anilines is 2. The van der Waals surface area contributed by atoms with E-state index in [1.54, 1.807) is 0 Å². The van der Waals surface area contributed by atoms with Gasteiger partial charge in [0.2, 0.25) is 17.6 Å². The summed E-state index contributed by atoms with van der Waals surface area (Å²) in [6.45, 7) is 0. The lowest BCUT2D eigenvalue weighted by atomic mass is 9.56. The Morgan fingerprint density at radius 3 is 2.06 bits per heavy atom. The van der Waals surface area contributed by atoms with Crippen molar-refractivity contribution in [1.29, 1.82) is 0 Å². The van der Waals surface area contributed by atoms with Crippen LogP contribution in [0.1, 0.15) is 24.3 Å². The number of hydrogen-bond acceptors (Lipinski definition) is 8. The Labute approximate surface area is 292 Å². The van der Waals surface area contributed by atoms with Crippen molar-refractivity contribution in [3.63, 3.8) is 0 Å². The highest BCUT2D eigenvalue weighted by Gasteiger charge is 2.77. The first-order chi connectivity index (χ1) is 24.0. The molecule has 0 bridgehead atoms. The van der Waals surface area contributed by atoms with Crippen molar-refractivity contribution < 1.29 is 55.9 Å². The second-order valence-corrected chi connectivity index (χ2v) is 13.6. The van der Waals surface area contributed by atoms with Crippen LogP contribution in [0.25, 0.3) is 0 Å². The molecule has 3 aromatic carbocycles. The average Bonchev–Trinajstić information content (AvgIpc) is 3.44. The molecule has 3 aromatic rings. The highest BCUT2D eigenvalue weighted by molar-refractivity contribution is 6.58. The summed E-state index contributed by atoms with van der Waals surface area (Å²) in [6, 6.07) is 8.08. The van der Waals surface area contributed by atoms with Crippen LogP contribution in [0.2, 0.25) is 0 Å². The molecule has 3 fully saturated rings. The molecule has 1 N–H and O–H groups in total. The largest absolute Gasteiger partial charge is 0.508 e. The SMILES string of the molecule is COc1cc(O)ccc1[C@H]1C2=CC[C@@H]3C(=O)N(c4ccc([N+](=O)[O-])cc4)C(=O)[C@@H]3[C@@H]2C[C@@]2(Cl)C(=O)N(c3c(F)c(F)c(F)c(F)c3F)C(=O)[C@@]12Cl. The third-order valence-corrected chi connectivity index (χ3v) is 11.5. The van der Waals surface area contributed by atoms with Crippen molar-refractivity contribution in [3.05, 3.63) is 98.9 Å². The van der Waals surface area contributed by atoms with Gasteiger partial charge in [0.15, 0.2) is 33.0 Å². The Balaban J connectivity index is 1.42. The molecule has 2 heterocycles. The molecule has 2 aliphatic heterocycles. The van der Waals surface area contributed by atoms with Crippen LogP contribution in [0.3, 0.4) is 0 Å². The van der Waals surface area contributed by atoms with Crippen LogP contribution in [0.5, 0.6) is 11.5 Å². The van der Waals surface area contributed by atoms with Gasteiger partial charge < -0.3 is 9.84 Å². The topological polar surface area (TPSA) is 147 Å². The molecule has 264 valence electrons. The number of allylic oxidation sites excluding steroid dienone is 2. The molecule has 0 unspecified atom stereocenters. The van der Waals surface area contributed by atoms with Crippen molar-refractivity contribution in [2.24, 2.45) is 17.8 Å². The number of aromatic hydroxyl groups is 1. The van der Waals surface area contributed by atoms with Crippen molar-refractivity contribution >= 4 is 63.9 Å². The fourth-order valence-corrected chi connectivity index (χ4v) is 8.76. The number of carbonyl (C=O) groups excluding carboxylic acids is 4. The summed E-state index contributed by atoms with van der Waals surface area (Å²) in [7, 11) is 1.18. The van der Waals surface area contributed by atoms with Gasteiger partial charge in [-0.15, -0.1) is 23.2 Å². The van der Waals surface area contributed by atoms with Gasteiger partial charge in [0.25, 0.3) is 17.5 Å². The number of halogens is 7. The lowest BCUT2D eigenvalue weighted by Gasteiger charge is -2.50. The minimum atomic E-state index is -2.78. The second kappa shape index (κ2) is 11.5. The van der Waals surface area contributed by atoms with E-state index in [-0.39, 0.29) is 45.3 Å². The number of benzene rings is 3. The Bertz CT molecular complexity index is 2140. The van der Waals surface area contributed by atoms with Gasteiger partial charge in [0.1, 0.15) is 17.2 Å². The van der Waals surface area contributed by atoms with E-state index in [2.05, 4.69) is 0 Å². The van der Waals surface area contributed by atoms with Gasteiger partial charge in [-0.05, 0) is 37.0 Å². The lowest BCUT2D eigenvalue weighted by molar-refractivity contribution is -0.384. The fourth-order valence-electron chi connectivity index (χ4n) is 7.83. The van der Waals surface area contributed by atoms with Crippen LogP contribution in [-0.4, -0.2) is 50.5 Å². The fraction of sp³-hybridized carbons (Fsp3) is 0.273. The predicted octanol–water partition coefficient (Wildman–Crippen LogP) is 5.77. The number of alkyl halides is 2. The van der Waals surface area contributed by atoms with E-state index >= 15 is 8.78 Å². The van der Waals surface area contributed by atoms with Gasteiger partial charge in [-0.2, -0.15) is 0 Å². The summed E-state index contributed by atoms with van der Waals surface area (Å²) in [4.78, 5) is 62.1. The molecule has 2 aliphatic carbocycles. The maximum Gasteiger partial charge on any atom is 0.269 e. The van der Waals surface area contributed by atoms with Gasteiger partial charge in [0.05, 0.1) is 29.6 Å². The molecule has 7 rings (SSSR count). The van der Waals surface area contributed by atoms with Gasteiger partial charge >= 0.3 is 0 Å². The Kier molecular flexibility index (Phi) is 7.72. The number of rotatable bonds is 5. The van der Waals surface area contributed by atoms with Gasteiger partial charge in [0, 0.05) is 29.7 Å². The minimum absolute atomic E-state index is 0.00370. The number of phenolic OH excluding ortho intramolecular Hbond substituents is 1. The molecule has 1 saturated carbocycles. The summed E-state index contributed by atoms with van der Waals surface area (Å²) in [5.74, 6) is -23.0. The number of methoxy groups -OCH3 is 1. The number of amides is 4. The van der Waals surface area contributed by atoms with E-state index in [4.69, 9.17) is 27.9 Å². The first-order valence-electron chi connectivity index (χ1n) is 15.0. The van der Waals surface area contributed by atoms with Crippen molar-refractivity contribution in [2.45, 2.75) is 28.5 Å². The van der Waals surface area contributed by atoms with Crippen LogP contribution >= 0.6 is 23.2 Å². The number of nitro groups is 1. The molecule has 51 heavy (non-hydrogen) atoms. The summed E-state index contributed by atoms with van der Waals surface area (Å²) < 4.78 is 78.7. The Hall–Kier alpha value is -5.09. The molecule has 2 saturated heterocycles. The molecule has 4 aliphatic rings. The third kappa shape index (κ3) is 4.41. The maximum absolute atomic E-state index is 15.2. The number of nitro benzene ring substituents is 1. The van der Waals surface area contributed by atoms with Crippen LogP contribution in [0.4, 0.5) is 39.0 Å². The highest BCUT2D eigenvalue weighted by atomic mass is 35.5. The van der Waals surface area contributed by atoms with E-state index in [0.29, 0.717) is 0 Å². The minimum Gasteiger partial charge on any atom is -0.508 e. The van der Waals surface area contributed by atoms with Crippen LogP contribution in [0, 0.1) is 57.0 Å². The normalized spacial score (nSPS) is 28.4. The standard InChI is InChI=1S/C33H20Cl2F5N3O8/c1-51-19-10-14(44)6-7-16(19)21-15-8-9-17-20(29(46)41(28(17)45)12-2-4-13(5-3-12)43(49)50)18(15)11-32(34)30(47)42(31(48)33(21,32)35)27-25(39)23(37)22(36)24(38)26(27)40/h2-8,10,17-18,20-21,44H,9,11H2,1H3/t17-,18+,20-,21+,32+,33-/m0/s1. The zero-order valence-electron chi connectivity index (χ0n) is 25.6. The first-order valence-corrected chi connectivity index (χ1v) is 15.7. The van der Waals surface area contributed by atoms with Crippen molar-refractivity contribution in [3.8, 4) is 11.5 Å². The summed E-state index contributed by atoms with van der Waals surface area (Å²) in [6.07, 6.45) is 0.630. The maximum atomic E-state index is 15.2. The van der Waals surface area contributed by atoms with Crippen LogP contribution in [0.15, 0.2) is 54.1 Å². The monoisotopic (exact) mass is 751 g/mol. The number of phenols is 1. The first kappa shape index (κ1) is 34.4. The van der Waals surface area contributed by atoms with Gasteiger partial charge in [-0.25, -0.2) is 26.9 Å². The van der Waals surface area contributed by atoms with Crippen molar-refractivity contribution in [1.82, 2.24) is 0 Å². The van der Waals surface area contributed by atoms with Gasteiger partial charge in [-0.1, -0.05) is 17.7 Å².